The van der Waals surface area contributed by atoms with Gasteiger partial charge < -0.3 is 10.1 Å². The van der Waals surface area contributed by atoms with Gasteiger partial charge in [0.15, 0.2) is 6.23 Å². The summed E-state index contributed by atoms with van der Waals surface area (Å²) in [4.78, 5) is 16.2. The fourth-order valence-electron chi connectivity index (χ4n) is 2.12. The van der Waals surface area contributed by atoms with Crippen LogP contribution in [0.25, 0.3) is 0 Å². The van der Waals surface area contributed by atoms with Crippen LogP contribution < -0.4 is 10.1 Å². The minimum atomic E-state index is -0.288. The zero-order valence-electron chi connectivity index (χ0n) is 10.4. The first-order valence-corrected chi connectivity index (χ1v) is 6.29. The van der Waals surface area contributed by atoms with Crippen molar-refractivity contribution in [3.05, 3.63) is 59.9 Å². The van der Waals surface area contributed by atoms with E-state index < -0.39 is 0 Å². The summed E-state index contributed by atoms with van der Waals surface area (Å²) in [5, 5.41) is 2.85. The van der Waals surface area contributed by atoms with Crippen molar-refractivity contribution in [2.45, 2.75) is 19.1 Å². The van der Waals surface area contributed by atoms with Gasteiger partial charge in [-0.15, -0.1) is 0 Å². The monoisotopic (exact) mass is 254 g/mol. The molecule has 0 saturated heterocycles. The number of fused-ring (bicyclic) bond motifs is 1. The van der Waals surface area contributed by atoms with Crippen molar-refractivity contribution in [1.82, 2.24) is 10.3 Å². The van der Waals surface area contributed by atoms with Crippen LogP contribution in [0.5, 0.6) is 5.75 Å². The smallest absolute Gasteiger partial charge is 0.257 e. The van der Waals surface area contributed by atoms with Gasteiger partial charge >= 0.3 is 0 Å². The van der Waals surface area contributed by atoms with E-state index in [1.807, 2.05) is 36.4 Å². The number of nitrogens with one attached hydrogen (secondary N) is 1. The third-order valence-electron chi connectivity index (χ3n) is 3.08. The number of amides is 1. The molecule has 1 amide bonds. The average molecular weight is 254 g/mol. The fourth-order valence-corrected chi connectivity index (χ4v) is 2.12. The third kappa shape index (κ3) is 2.57. The molecule has 1 unspecified atom stereocenters. The van der Waals surface area contributed by atoms with Crippen LogP contribution in [0.2, 0.25) is 0 Å². The van der Waals surface area contributed by atoms with Crippen molar-refractivity contribution in [2.75, 3.05) is 0 Å². The highest BCUT2D eigenvalue weighted by molar-refractivity contribution is 5.97. The Kier molecular flexibility index (Phi) is 3.14. The van der Waals surface area contributed by atoms with Gasteiger partial charge in [-0.05, 0) is 30.7 Å². The molecular weight excluding hydrogens is 240 g/mol. The van der Waals surface area contributed by atoms with E-state index in [0.717, 1.165) is 12.1 Å². The summed E-state index contributed by atoms with van der Waals surface area (Å²) in [7, 11) is 0. The molecule has 0 fully saturated rings. The van der Waals surface area contributed by atoms with E-state index in [-0.39, 0.29) is 12.1 Å². The molecule has 0 aliphatic carbocycles. The number of para-hydroxylation sites is 1. The zero-order chi connectivity index (χ0) is 13.1. The number of rotatable bonds is 3. The van der Waals surface area contributed by atoms with Crippen LogP contribution in [0.15, 0.2) is 48.7 Å². The molecule has 3 rings (SSSR count). The molecule has 19 heavy (non-hydrogen) atoms. The van der Waals surface area contributed by atoms with Crippen LogP contribution in [-0.4, -0.2) is 17.1 Å². The minimum Gasteiger partial charge on any atom is -0.470 e. The number of hydrogen-bond donors (Lipinski definition) is 1. The molecule has 0 spiro atoms. The van der Waals surface area contributed by atoms with E-state index in [2.05, 4.69) is 10.3 Å². The van der Waals surface area contributed by atoms with Crippen LogP contribution in [0, 0.1) is 0 Å². The Bertz CT molecular complexity index is 584. The molecule has 1 N–H and O–H groups in total. The highest BCUT2D eigenvalue weighted by atomic mass is 16.5. The summed E-state index contributed by atoms with van der Waals surface area (Å²) in [5.74, 6) is 0.574. The molecule has 2 aromatic rings. The van der Waals surface area contributed by atoms with Crippen LogP contribution in [-0.2, 0) is 6.42 Å². The summed E-state index contributed by atoms with van der Waals surface area (Å²) in [6.07, 6.45) is 2.96. The Morgan fingerprint density at radius 3 is 2.84 bits per heavy atom. The molecular formula is C15H14N2O2. The SMILES string of the molecule is O=C1NC(CCc2ccccn2)Oc2ccccc21. The first-order chi connectivity index (χ1) is 9.33. The van der Waals surface area contributed by atoms with E-state index in [9.17, 15) is 4.79 Å². The Morgan fingerprint density at radius 1 is 1.16 bits per heavy atom. The van der Waals surface area contributed by atoms with Crippen molar-refractivity contribution in [1.29, 1.82) is 0 Å². The highest BCUT2D eigenvalue weighted by Crippen LogP contribution is 2.23. The maximum Gasteiger partial charge on any atom is 0.257 e. The lowest BCUT2D eigenvalue weighted by molar-refractivity contribution is 0.0740. The molecule has 1 aliphatic heterocycles. The molecule has 1 aliphatic rings. The van der Waals surface area contributed by atoms with Crippen molar-refractivity contribution in [3.63, 3.8) is 0 Å². The van der Waals surface area contributed by atoms with Gasteiger partial charge in [0.25, 0.3) is 5.91 Å². The predicted octanol–water partition coefficient (Wildman–Crippen LogP) is 2.16. The van der Waals surface area contributed by atoms with Gasteiger partial charge in [-0.25, -0.2) is 0 Å². The summed E-state index contributed by atoms with van der Waals surface area (Å²) in [6, 6.07) is 13.1. The first kappa shape index (κ1) is 11.7. The average Bonchev–Trinajstić information content (AvgIpc) is 2.46. The second kappa shape index (κ2) is 5.10. The molecule has 4 heteroatoms. The quantitative estimate of drug-likeness (QED) is 0.913. The van der Waals surface area contributed by atoms with Crippen LogP contribution in [0.3, 0.4) is 0 Å². The number of pyridine rings is 1. The summed E-state index contributed by atoms with van der Waals surface area (Å²) in [6.45, 7) is 0. The van der Waals surface area contributed by atoms with Gasteiger partial charge in [0.2, 0.25) is 0 Å². The molecule has 0 radical (unpaired) electrons. The number of carbonyl (C=O) groups excluding carboxylic acids is 1. The van der Waals surface area contributed by atoms with Gasteiger partial charge in [0.1, 0.15) is 5.75 Å². The molecule has 2 heterocycles. The van der Waals surface area contributed by atoms with Gasteiger partial charge in [-0.1, -0.05) is 18.2 Å². The van der Waals surface area contributed by atoms with E-state index >= 15 is 0 Å². The Balaban J connectivity index is 1.67. The molecule has 1 atom stereocenters. The standard InChI is InChI=1S/C15H14N2O2/c18-15-12-6-1-2-7-13(12)19-14(17-15)9-8-11-5-3-4-10-16-11/h1-7,10,14H,8-9H2,(H,17,18). The van der Waals surface area contributed by atoms with Crippen molar-refractivity contribution in [3.8, 4) is 5.75 Å². The predicted molar refractivity (Wildman–Crippen MR) is 70.9 cm³/mol. The molecule has 1 aromatic carbocycles. The molecule has 96 valence electrons. The van der Waals surface area contributed by atoms with Crippen molar-refractivity contribution < 1.29 is 9.53 Å². The molecule has 1 aromatic heterocycles. The van der Waals surface area contributed by atoms with Crippen LogP contribution in [0.4, 0.5) is 0 Å². The number of carbonyl (C=O) groups is 1. The molecule has 4 nitrogen and oxygen atoms in total. The van der Waals surface area contributed by atoms with Gasteiger partial charge in [0, 0.05) is 18.3 Å². The lowest BCUT2D eigenvalue weighted by Gasteiger charge is -2.26. The van der Waals surface area contributed by atoms with Crippen molar-refractivity contribution >= 4 is 5.91 Å². The summed E-state index contributed by atoms with van der Waals surface area (Å²) in [5.41, 5.74) is 1.59. The zero-order valence-corrected chi connectivity index (χ0v) is 10.4. The number of benzene rings is 1. The fraction of sp³-hybridized carbons (Fsp3) is 0.200. The third-order valence-corrected chi connectivity index (χ3v) is 3.08. The summed E-state index contributed by atoms with van der Waals surface area (Å²) >= 11 is 0. The lowest BCUT2D eigenvalue weighted by atomic mass is 10.1. The second-order valence-corrected chi connectivity index (χ2v) is 4.44. The van der Waals surface area contributed by atoms with Gasteiger partial charge in [-0.3, -0.25) is 9.78 Å². The van der Waals surface area contributed by atoms with E-state index in [4.69, 9.17) is 4.74 Å². The topological polar surface area (TPSA) is 51.2 Å². The minimum absolute atomic E-state index is 0.0760. The Labute approximate surface area is 111 Å². The number of ether oxygens (including phenoxy) is 1. The Morgan fingerprint density at radius 2 is 2.00 bits per heavy atom. The molecule has 0 saturated carbocycles. The number of nitrogens with zero attached hydrogens (tertiary/aromatic N) is 1. The van der Waals surface area contributed by atoms with E-state index in [0.29, 0.717) is 17.7 Å². The second-order valence-electron chi connectivity index (χ2n) is 4.44. The lowest BCUT2D eigenvalue weighted by Crippen LogP contribution is -2.43. The summed E-state index contributed by atoms with van der Waals surface area (Å²) < 4.78 is 5.76. The normalized spacial score (nSPS) is 17.3. The van der Waals surface area contributed by atoms with E-state index in [1.165, 1.54) is 0 Å². The maximum atomic E-state index is 11.9. The van der Waals surface area contributed by atoms with E-state index in [1.54, 1.807) is 12.3 Å². The number of aryl methyl sites for hydroxylation is 1. The van der Waals surface area contributed by atoms with Gasteiger partial charge in [-0.2, -0.15) is 0 Å². The number of aromatic nitrogens is 1. The molecule has 0 bridgehead atoms. The van der Waals surface area contributed by atoms with Gasteiger partial charge in [0.05, 0.1) is 5.56 Å². The first-order valence-electron chi connectivity index (χ1n) is 6.29. The Hall–Kier alpha value is -2.36. The highest BCUT2D eigenvalue weighted by Gasteiger charge is 2.24. The largest absolute Gasteiger partial charge is 0.470 e. The number of hydrogen-bond acceptors (Lipinski definition) is 3. The van der Waals surface area contributed by atoms with Crippen LogP contribution in [0.1, 0.15) is 22.5 Å². The van der Waals surface area contributed by atoms with Crippen LogP contribution >= 0.6 is 0 Å². The maximum absolute atomic E-state index is 11.9. The van der Waals surface area contributed by atoms with Crippen molar-refractivity contribution in [2.24, 2.45) is 0 Å².